The van der Waals surface area contributed by atoms with Crippen LogP contribution in [0, 0.1) is 5.41 Å². The van der Waals surface area contributed by atoms with Gasteiger partial charge in [-0.05, 0) is 31.1 Å². The predicted octanol–water partition coefficient (Wildman–Crippen LogP) is 2.74. The minimum Gasteiger partial charge on any atom is -0.335 e. The van der Waals surface area contributed by atoms with Crippen molar-refractivity contribution in [2.75, 3.05) is 0 Å². The van der Waals surface area contributed by atoms with E-state index in [4.69, 9.17) is 5.73 Å². The molecule has 1 unspecified atom stereocenters. The van der Waals surface area contributed by atoms with E-state index >= 15 is 0 Å². The summed E-state index contributed by atoms with van der Waals surface area (Å²) in [5.74, 6) is 1.16. The molecule has 0 bridgehead atoms. The van der Waals surface area contributed by atoms with E-state index in [1.54, 1.807) is 0 Å². The van der Waals surface area contributed by atoms with Crippen LogP contribution in [0.25, 0.3) is 0 Å². The third-order valence-corrected chi connectivity index (χ3v) is 3.91. The highest BCUT2D eigenvalue weighted by molar-refractivity contribution is 5.06. The molecular weight excluding hydrogens is 210 g/mol. The van der Waals surface area contributed by atoms with Crippen LogP contribution in [0.2, 0.25) is 0 Å². The maximum absolute atomic E-state index is 6.54. The summed E-state index contributed by atoms with van der Waals surface area (Å²) < 4.78 is 2.25. The van der Waals surface area contributed by atoms with E-state index in [0.29, 0.717) is 5.41 Å². The zero-order valence-electron chi connectivity index (χ0n) is 11.4. The van der Waals surface area contributed by atoms with Crippen molar-refractivity contribution in [2.24, 2.45) is 11.1 Å². The summed E-state index contributed by atoms with van der Waals surface area (Å²) in [7, 11) is 0. The number of hydrogen-bond acceptors (Lipinski definition) is 2. The number of nitrogens with two attached hydrogens (primary N) is 1. The van der Waals surface area contributed by atoms with Crippen molar-refractivity contribution in [1.29, 1.82) is 0 Å². The maximum Gasteiger partial charge on any atom is 0.110 e. The van der Waals surface area contributed by atoms with Gasteiger partial charge in [0.15, 0.2) is 0 Å². The van der Waals surface area contributed by atoms with Gasteiger partial charge in [0.25, 0.3) is 0 Å². The Morgan fingerprint density at radius 1 is 1.41 bits per heavy atom. The van der Waals surface area contributed by atoms with Gasteiger partial charge in [0.2, 0.25) is 0 Å². The zero-order chi connectivity index (χ0) is 12.5. The van der Waals surface area contributed by atoms with E-state index < -0.39 is 0 Å². The Morgan fingerprint density at radius 2 is 2.18 bits per heavy atom. The van der Waals surface area contributed by atoms with Crippen LogP contribution in [0.5, 0.6) is 0 Å². The standard InChI is InChI=1S/C14H25N3/c1-4-8-17-9-7-16-12(17)10-14(15)6-5-13(2,3)11-14/h7,9H,4-6,8,10-11,15H2,1-3H3. The number of rotatable bonds is 4. The average molecular weight is 235 g/mol. The second kappa shape index (κ2) is 4.45. The van der Waals surface area contributed by atoms with Crippen molar-refractivity contribution in [3.8, 4) is 0 Å². The fourth-order valence-corrected chi connectivity index (χ4v) is 3.13. The van der Waals surface area contributed by atoms with Gasteiger partial charge in [0.05, 0.1) is 0 Å². The molecule has 2 rings (SSSR count). The molecule has 0 amide bonds. The van der Waals surface area contributed by atoms with Crippen LogP contribution in [-0.2, 0) is 13.0 Å². The molecule has 1 aliphatic rings. The van der Waals surface area contributed by atoms with Gasteiger partial charge >= 0.3 is 0 Å². The summed E-state index contributed by atoms with van der Waals surface area (Å²) in [4.78, 5) is 4.47. The van der Waals surface area contributed by atoms with Crippen molar-refractivity contribution in [2.45, 2.75) is 65.0 Å². The first-order valence-electron chi connectivity index (χ1n) is 6.73. The third kappa shape index (κ3) is 2.89. The second-order valence-corrected chi connectivity index (χ2v) is 6.42. The summed E-state index contributed by atoms with van der Waals surface area (Å²) in [6.45, 7) is 7.88. The second-order valence-electron chi connectivity index (χ2n) is 6.42. The summed E-state index contributed by atoms with van der Waals surface area (Å²) >= 11 is 0. The van der Waals surface area contributed by atoms with Crippen LogP contribution in [-0.4, -0.2) is 15.1 Å². The highest BCUT2D eigenvalue weighted by Gasteiger charge is 2.40. The number of aryl methyl sites for hydroxylation is 1. The maximum atomic E-state index is 6.54. The van der Waals surface area contributed by atoms with E-state index in [9.17, 15) is 0 Å². The molecule has 2 N–H and O–H groups in total. The van der Waals surface area contributed by atoms with E-state index in [-0.39, 0.29) is 5.54 Å². The van der Waals surface area contributed by atoms with Crippen LogP contribution in [0.1, 0.15) is 52.3 Å². The topological polar surface area (TPSA) is 43.8 Å². The Hall–Kier alpha value is -0.830. The Morgan fingerprint density at radius 3 is 2.76 bits per heavy atom. The summed E-state index contributed by atoms with van der Waals surface area (Å²) in [6.07, 6.45) is 9.50. The highest BCUT2D eigenvalue weighted by Crippen LogP contribution is 2.43. The molecule has 96 valence electrons. The van der Waals surface area contributed by atoms with Gasteiger partial charge in [-0.25, -0.2) is 4.98 Å². The zero-order valence-corrected chi connectivity index (χ0v) is 11.4. The predicted molar refractivity (Wildman–Crippen MR) is 70.8 cm³/mol. The Balaban J connectivity index is 2.08. The molecule has 1 aromatic heterocycles. The molecule has 1 fully saturated rings. The van der Waals surface area contributed by atoms with Crippen molar-refractivity contribution in [3.63, 3.8) is 0 Å². The fraction of sp³-hybridized carbons (Fsp3) is 0.786. The monoisotopic (exact) mass is 235 g/mol. The minimum absolute atomic E-state index is 0.0413. The van der Waals surface area contributed by atoms with Crippen molar-refractivity contribution < 1.29 is 0 Å². The molecule has 0 aromatic carbocycles. The first-order valence-corrected chi connectivity index (χ1v) is 6.73. The Kier molecular flexibility index (Phi) is 3.30. The molecule has 0 saturated heterocycles. The molecule has 0 aliphatic heterocycles. The molecule has 0 spiro atoms. The smallest absolute Gasteiger partial charge is 0.110 e. The lowest BCUT2D eigenvalue weighted by atomic mass is 9.86. The van der Waals surface area contributed by atoms with Crippen LogP contribution >= 0.6 is 0 Å². The molecule has 3 nitrogen and oxygen atoms in total. The normalized spacial score (nSPS) is 27.5. The fourth-order valence-electron chi connectivity index (χ4n) is 3.13. The lowest BCUT2D eigenvalue weighted by Gasteiger charge is -2.26. The quantitative estimate of drug-likeness (QED) is 0.872. The molecule has 1 atom stereocenters. The van der Waals surface area contributed by atoms with Crippen molar-refractivity contribution in [3.05, 3.63) is 18.2 Å². The van der Waals surface area contributed by atoms with Gasteiger partial charge in [0, 0.05) is 30.9 Å². The number of nitrogens with zero attached hydrogens (tertiary/aromatic N) is 2. The highest BCUT2D eigenvalue weighted by atomic mass is 15.1. The summed E-state index contributed by atoms with van der Waals surface area (Å²) in [5, 5.41) is 0. The largest absolute Gasteiger partial charge is 0.335 e. The van der Waals surface area contributed by atoms with Gasteiger partial charge in [-0.1, -0.05) is 20.8 Å². The molecule has 17 heavy (non-hydrogen) atoms. The Labute approximate surface area is 104 Å². The van der Waals surface area contributed by atoms with Crippen LogP contribution < -0.4 is 5.73 Å². The summed E-state index contributed by atoms with van der Waals surface area (Å²) in [6, 6.07) is 0. The van der Waals surface area contributed by atoms with Gasteiger partial charge < -0.3 is 10.3 Å². The molecule has 3 heteroatoms. The van der Waals surface area contributed by atoms with Gasteiger partial charge in [-0.3, -0.25) is 0 Å². The Bertz CT molecular complexity index is 381. The molecule has 1 heterocycles. The molecule has 1 aromatic rings. The lowest BCUT2D eigenvalue weighted by Crippen LogP contribution is -2.40. The van der Waals surface area contributed by atoms with Crippen LogP contribution in [0.3, 0.4) is 0 Å². The molecule has 1 saturated carbocycles. The van der Waals surface area contributed by atoms with Crippen LogP contribution in [0.4, 0.5) is 0 Å². The van der Waals surface area contributed by atoms with Crippen LogP contribution in [0.15, 0.2) is 12.4 Å². The van der Waals surface area contributed by atoms with E-state index in [2.05, 4.69) is 36.5 Å². The van der Waals surface area contributed by atoms with Crippen molar-refractivity contribution >= 4 is 0 Å². The molecule has 1 aliphatic carbocycles. The minimum atomic E-state index is -0.0413. The average Bonchev–Trinajstić information content (AvgIpc) is 2.73. The van der Waals surface area contributed by atoms with E-state index in [1.807, 2.05) is 6.20 Å². The van der Waals surface area contributed by atoms with Gasteiger partial charge in [0.1, 0.15) is 5.82 Å². The summed E-state index contributed by atoms with van der Waals surface area (Å²) in [5.41, 5.74) is 6.90. The first kappa shape index (κ1) is 12.6. The van der Waals surface area contributed by atoms with E-state index in [0.717, 1.165) is 38.1 Å². The number of hydrogen-bond donors (Lipinski definition) is 1. The van der Waals surface area contributed by atoms with Gasteiger partial charge in [-0.15, -0.1) is 0 Å². The lowest BCUT2D eigenvalue weighted by molar-refractivity contribution is 0.329. The third-order valence-electron chi connectivity index (χ3n) is 3.91. The number of imidazole rings is 1. The van der Waals surface area contributed by atoms with E-state index in [1.165, 1.54) is 6.42 Å². The van der Waals surface area contributed by atoms with Crippen molar-refractivity contribution in [1.82, 2.24) is 9.55 Å². The SMILES string of the molecule is CCCn1ccnc1CC1(N)CCC(C)(C)C1. The number of aromatic nitrogens is 2. The van der Waals surface area contributed by atoms with Gasteiger partial charge in [-0.2, -0.15) is 0 Å². The first-order chi connectivity index (χ1) is 7.94. The molecular formula is C14H25N3. The molecule has 0 radical (unpaired) electrons.